The number of aryl methyl sites for hydroxylation is 1. The van der Waals surface area contributed by atoms with E-state index in [0.29, 0.717) is 28.9 Å². The Balaban J connectivity index is 1.93. The molecule has 4 nitrogen and oxygen atoms in total. The van der Waals surface area contributed by atoms with Gasteiger partial charge in [0.15, 0.2) is 5.78 Å². The fraction of sp³-hybridized carbons (Fsp3) is 0.250. The van der Waals surface area contributed by atoms with Crippen molar-refractivity contribution in [2.75, 3.05) is 5.75 Å². The maximum absolute atomic E-state index is 11.9. The summed E-state index contributed by atoms with van der Waals surface area (Å²) in [6.45, 7) is 1.94. The van der Waals surface area contributed by atoms with E-state index in [4.69, 9.17) is 4.42 Å². The van der Waals surface area contributed by atoms with Crippen molar-refractivity contribution in [2.24, 2.45) is 0 Å². The van der Waals surface area contributed by atoms with Gasteiger partial charge in [-0.05, 0) is 12.1 Å². The highest BCUT2D eigenvalue weighted by molar-refractivity contribution is 9.10. The third kappa shape index (κ3) is 3.43. The van der Waals surface area contributed by atoms with Crippen LogP contribution in [0.25, 0.3) is 0 Å². The van der Waals surface area contributed by atoms with Crippen molar-refractivity contribution in [3.05, 3.63) is 40.2 Å². The second-order valence-corrected chi connectivity index (χ2v) is 5.38. The standard InChI is InChI=1S/C12H11BrN2O2S/c1-2-11-14-15-12(17-11)18-7-10(16)8-3-5-9(13)6-4-8/h3-6H,2,7H2,1H3. The Kier molecular flexibility index (Phi) is 4.54. The van der Waals surface area contributed by atoms with Crippen LogP contribution in [0.3, 0.4) is 0 Å². The van der Waals surface area contributed by atoms with Crippen LogP contribution in [0, 0.1) is 0 Å². The predicted molar refractivity (Wildman–Crippen MR) is 72.9 cm³/mol. The lowest BCUT2D eigenvalue weighted by Crippen LogP contribution is -2.01. The molecule has 0 aliphatic carbocycles. The average Bonchev–Trinajstić information content (AvgIpc) is 2.85. The third-order valence-electron chi connectivity index (χ3n) is 2.24. The van der Waals surface area contributed by atoms with E-state index < -0.39 is 0 Å². The van der Waals surface area contributed by atoms with Crippen LogP contribution in [0.15, 0.2) is 38.4 Å². The Morgan fingerprint density at radius 1 is 1.33 bits per heavy atom. The van der Waals surface area contributed by atoms with E-state index in [1.54, 1.807) is 12.1 Å². The molecule has 0 saturated heterocycles. The van der Waals surface area contributed by atoms with Gasteiger partial charge in [-0.15, -0.1) is 10.2 Å². The minimum atomic E-state index is 0.0451. The smallest absolute Gasteiger partial charge is 0.277 e. The number of benzene rings is 1. The molecule has 1 aromatic heterocycles. The molecular weight excluding hydrogens is 316 g/mol. The fourth-order valence-electron chi connectivity index (χ4n) is 1.29. The molecule has 0 fully saturated rings. The van der Waals surface area contributed by atoms with Crippen LogP contribution < -0.4 is 0 Å². The number of Topliss-reactive ketones (excluding diaryl/α,β-unsaturated/α-hetero) is 1. The van der Waals surface area contributed by atoms with Gasteiger partial charge in [-0.2, -0.15) is 0 Å². The van der Waals surface area contributed by atoms with E-state index in [1.165, 1.54) is 11.8 Å². The second kappa shape index (κ2) is 6.15. The van der Waals surface area contributed by atoms with Gasteiger partial charge in [0.25, 0.3) is 5.22 Å². The van der Waals surface area contributed by atoms with E-state index in [-0.39, 0.29) is 5.78 Å². The van der Waals surface area contributed by atoms with Gasteiger partial charge in [-0.25, -0.2) is 0 Å². The maximum Gasteiger partial charge on any atom is 0.277 e. The SMILES string of the molecule is CCc1nnc(SCC(=O)c2ccc(Br)cc2)o1. The molecule has 0 bridgehead atoms. The molecule has 0 unspecified atom stereocenters. The normalized spacial score (nSPS) is 10.6. The molecule has 1 heterocycles. The summed E-state index contributed by atoms with van der Waals surface area (Å²) in [6, 6.07) is 7.27. The zero-order valence-corrected chi connectivity index (χ0v) is 12.1. The molecule has 2 aromatic rings. The fourth-order valence-corrected chi connectivity index (χ4v) is 2.23. The molecule has 2 rings (SSSR count). The molecule has 0 aliphatic rings. The summed E-state index contributed by atoms with van der Waals surface area (Å²) in [5.41, 5.74) is 0.681. The van der Waals surface area contributed by atoms with Gasteiger partial charge in [-0.1, -0.05) is 46.7 Å². The van der Waals surface area contributed by atoms with Crippen molar-refractivity contribution in [1.82, 2.24) is 10.2 Å². The van der Waals surface area contributed by atoms with Gasteiger partial charge in [0.1, 0.15) is 0 Å². The number of carbonyl (C=O) groups excluding carboxylic acids is 1. The van der Waals surface area contributed by atoms with Gasteiger partial charge < -0.3 is 4.42 Å². The molecule has 0 amide bonds. The third-order valence-corrected chi connectivity index (χ3v) is 3.59. The van der Waals surface area contributed by atoms with Crippen molar-refractivity contribution in [1.29, 1.82) is 0 Å². The number of aromatic nitrogens is 2. The highest BCUT2D eigenvalue weighted by atomic mass is 79.9. The topological polar surface area (TPSA) is 56.0 Å². The number of hydrogen-bond acceptors (Lipinski definition) is 5. The molecule has 18 heavy (non-hydrogen) atoms. The molecule has 0 atom stereocenters. The molecule has 0 N–H and O–H groups in total. The summed E-state index contributed by atoms with van der Waals surface area (Å²) >= 11 is 4.59. The minimum absolute atomic E-state index is 0.0451. The van der Waals surface area contributed by atoms with Crippen molar-refractivity contribution in [3.8, 4) is 0 Å². The molecular formula is C12H11BrN2O2S. The second-order valence-electron chi connectivity index (χ2n) is 3.53. The first-order valence-corrected chi connectivity index (χ1v) is 7.21. The number of rotatable bonds is 5. The summed E-state index contributed by atoms with van der Waals surface area (Å²) in [4.78, 5) is 11.9. The van der Waals surface area contributed by atoms with E-state index in [9.17, 15) is 4.79 Å². The summed E-state index contributed by atoms with van der Waals surface area (Å²) < 4.78 is 6.27. The minimum Gasteiger partial charge on any atom is -0.416 e. The Morgan fingerprint density at radius 2 is 2.06 bits per heavy atom. The van der Waals surface area contributed by atoms with E-state index in [2.05, 4.69) is 26.1 Å². The highest BCUT2D eigenvalue weighted by Gasteiger charge is 2.10. The van der Waals surface area contributed by atoms with Crippen molar-refractivity contribution < 1.29 is 9.21 Å². The maximum atomic E-state index is 11.9. The Morgan fingerprint density at radius 3 is 2.67 bits per heavy atom. The zero-order valence-electron chi connectivity index (χ0n) is 9.72. The summed E-state index contributed by atoms with van der Waals surface area (Å²) in [7, 11) is 0. The summed E-state index contributed by atoms with van der Waals surface area (Å²) in [5.74, 6) is 0.935. The first-order chi connectivity index (χ1) is 8.69. The molecule has 6 heteroatoms. The van der Waals surface area contributed by atoms with E-state index in [1.807, 2.05) is 19.1 Å². The molecule has 94 valence electrons. The van der Waals surface area contributed by atoms with E-state index >= 15 is 0 Å². The molecule has 1 aromatic carbocycles. The number of ketones is 1. The summed E-state index contributed by atoms with van der Waals surface area (Å²) in [6.07, 6.45) is 0.703. The van der Waals surface area contributed by atoms with E-state index in [0.717, 1.165) is 4.47 Å². The van der Waals surface area contributed by atoms with Gasteiger partial charge in [0.2, 0.25) is 5.89 Å². The van der Waals surface area contributed by atoms with Crippen LogP contribution in [-0.2, 0) is 6.42 Å². The van der Waals surface area contributed by atoms with Gasteiger partial charge in [-0.3, -0.25) is 4.79 Å². The highest BCUT2D eigenvalue weighted by Crippen LogP contribution is 2.18. The lowest BCUT2D eigenvalue weighted by atomic mass is 10.2. The quantitative estimate of drug-likeness (QED) is 0.622. The number of hydrogen-bond donors (Lipinski definition) is 0. The Bertz CT molecular complexity index is 539. The van der Waals surface area contributed by atoms with Crippen LogP contribution in [-0.4, -0.2) is 21.7 Å². The van der Waals surface area contributed by atoms with Crippen LogP contribution in [0.1, 0.15) is 23.2 Å². The number of halogens is 1. The monoisotopic (exact) mass is 326 g/mol. The Labute approximate surface area is 117 Å². The van der Waals surface area contributed by atoms with Crippen LogP contribution in [0.5, 0.6) is 0 Å². The first kappa shape index (κ1) is 13.3. The van der Waals surface area contributed by atoms with Crippen LogP contribution in [0.2, 0.25) is 0 Å². The van der Waals surface area contributed by atoms with Gasteiger partial charge >= 0.3 is 0 Å². The first-order valence-electron chi connectivity index (χ1n) is 5.43. The number of nitrogens with zero attached hydrogens (tertiary/aromatic N) is 2. The molecule has 0 radical (unpaired) electrons. The largest absolute Gasteiger partial charge is 0.416 e. The van der Waals surface area contributed by atoms with Crippen molar-refractivity contribution >= 4 is 33.5 Å². The lowest BCUT2D eigenvalue weighted by molar-refractivity contribution is 0.102. The van der Waals surface area contributed by atoms with Crippen molar-refractivity contribution in [3.63, 3.8) is 0 Å². The number of carbonyl (C=O) groups is 1. The molecule has 0 aliphatic heterocycles. The van der Waals surface area contributed by atoms with Crippen molar-refractivity contribution in [2.45, 2.75) is 18.6 Å². The molecule has 0 saturated carbocycles. The average molecular weight is 327 g/mol. The van der Waals surface area contributed by atoms with Gasteiger partial charge in [0.05, 0.1) is 5.75 Å². The lowest BCUT2D eigenvalue weighted by Gasteiger charge is -1.98. The van der Waals surface area contributed by atoms with Gasteiger partial charge in [0, 0.05) is 16.5 Å². The van der Waals surface area contributed by atoms with Crippen LogP contribution in [0.4, 0.5) is 0 Å². The molecule has 0 spiro atoms. The summed E-state index contributed by atoms with van der Waals surface area (Å²) in [5, 5.41) is 8.14. The zero-order chi connectivity index (χ0) is 13.0. The number of thioether (sulfide) groups is 1. The predicted octanol–water partition coefficient (Wildman–Crippen LogP) is 3.37. The van der Waals surface area contributed by atoms with Crippen LogP contribution >= 0.6 is 27.7 Å². The Hall–Kier alpha value is -1.14.